The molecule has 1 unspecified atom stereocenters. The summed E-state index contributed by atoms with van der Waals surface area (Å²) in [4.78, 5) is 8.71. The standard InChI is InChI=1S/C27H47ClN5O7P/c1-11-12-29-22-18-13-30-33(23(18)32-24(28)31-22)14-19-21(38-27(9,10)34)17(2)20(37-19)15-36-16-41(35,39-25(3,4)5)40-26(6,7)8/h13,17,19-21,34H,11-12,14-16H2,1-10H3,(H,29,31,32)/t17?,19-,20-,21-/m1/s1. The largest absolute Gasteiger partial charge is 0.369 e. The van der Waals surface area contributed by atoms with Crippen molar-refractivity contribution in [2.24, 2.45) is 5.92 Å². The minimum atomic E-state index is -3.59. The topological polar surface area (TPSA) is 139 Å². The van der Waals surface area contributed by atoms with E-state index < -0.39 is 42.9 Å². The first-order chi connectivity index (χ1) is 18.8. The molecule has 3 rings (SSSR count). The SMILES string of the molecule is CCCNc1nc(Cl)nc2c1cnn2C[C@H]1O[C@H](COCP(=O)(OC(C)(C)C)OC(C)(C)C)C(C)[C@H]1OC(C)(C)O. The molecule has 0 aliphatic carbocycles. The quantitative estimate of drug-likeness (QED) is 0.164. The number of nitrogens with zero attached hydrogens (tertiary/aromatic N) is 4. The van der Waals surface area contributed by atoms with Crippen LogP contribution in [0.25, 0.3) is 11.0 Å². The Labute approximate surface area is 248 Å². The number of halogens is 1. The molecule has 4 atom stereocenters. The highest BCUT2D eigenvalue weighted by Gasteiger charge is 2.46. The highest BCUT2D eigenvalue weighted by molar-refractivity contribution is 7.53. The first-order valence-corrected chi connectivity index (χ1v) is 16.2. The molecular weight excluding hydrogens is 573 g/mol. The van der Waals surface area contributed by atoms with Gasteiger partial charge in [-0.1, -0.05) is 13.8 Å². The molecule has 41 heavy (non-hydrogen) atoms. The summed E-state index contributed by atoms with van der Waals surface area (Å²) in [5, 5.41) is 19.1. The van der Waals surface area contributed by atoms with E-state index in [0.717, 1.165) is 18.4 Å². The monoisotopic (exact) mass is 619 g/mol. The molecular formula is C27H47ClN5O7P. The molecule has 1 fully saturated rings. The van der Waals surface area contributed by atoms with E-state index in [4.69, 9.17) is 34.9 Å². The van der Waals surface area contributed by atoms with Crippen molar-refractivity contribution < 1.29 is 32.9 Å². The molecule has 1 aliphatic heterocycles. The number of hydrogen-bond donors (Lipinski definition) is 2. The second-order valence-corrected chi connectivity index (χ2v) is 15.1. The number of fused-ring (bicyclic) bond motifs is 1. The highest BCUT2D eigenvalue weighted by atomic mass is 35.5. The lowest BCUT2D eigenvalue weighted by atomic mass is 9.98. The molecule has 2 aromatic rings. The summed E-state index contributed by atoms with van der Waals surface area (Å²) in [6.07, 6.45) is 0.953. The second-order valence-electron chi connectivity index (χ2n) is 13.0. The lowest BCUT2D eigenvalue weighted by Gasteiger charge is -2.32. The van der Waals surface area contributed by atoms with E-state index in [1.807, 2.05) is 48.5 Å². The van der Waals surface area contributed by atoms with E-state index >= 15 is 0 Å². The summed E-state index contributed by atoms with van der Waals surface area (Å²) in [6.45, 7) is 19.2. The van der Waals surface area contributed by atoms with Crippen LogP contribution >= 0.6 is 19.2 Å². The van der Waals surface area contributed by atoms with Crippen LogP contribution in [0.15, 0.2) is 6.20 Å². The maximum atomic E-state index is 13.6. The molecule has 0 radical (unpaired) electrons. The van der Waals surface area contributed by atoms with Crippen molar-refractivity contribution in [3.63, 3.8) is 0 Å². The molecule has 234 valence electrons. The zero-order valence-corrected chi connectivity index (χ0v) is 27.6. The molecule has 1 saturated heterocycles. The normalized spacial score (nSPS) is 22.5. The highest BCUT2D eigenvalue weighted by Crippen LogP contribution is 2.54. The predicted octanol–water partition coefficient (Wildman–Crippen LogP) is 5.62. The summed E-state index contributed by atoms with van der Waals surface area (Å²) in [6, 6.07) is 0. The first kappa shape index (κ1) is 34.1. The number of aliphatic hydroxyl groups is 1. The van der Waals surface area contributed by atoms with Crippen LogP contribution in [0.5, 0.6) is 0 Å². The van der Waals surface area contributed by atoms with Gasteiger partial charge in [0, 0.05) is 12.5 Å². The Bertz CT molecular complexity index is 1190. The molecule has 14 heteroatoms. The van der Waals surface area contributed by atoms with Crippen LogP contribution in [0.1, 0.15) is 75.7 Å². The maximum Gasteiger partial charge on any atom is 0.357 e. The number of anilines is 1. The Morgan fingerprint density at radius 1 is 1.10 bits per heavy atom. The third kappa shape index (κ3) is 10.1. The van der Waals surface area contributed by atoms with Crippen molar-refractivity contribution in [2.45, 2.75) is 118 Å². The van der Waals surface area contributed by atoms with Gasteiger partial charge in [0.05, 0.1) is 48.1 Å². The number of ether oxygens (including phenoxy) is 3. The minimum absolute atomic E-state index is 0.105. The smallest absolute Gasteiger partial charge is 0.357 e. The van der Waals surface area contributed by atoms with Gasteiger partial charge in [-0.15, -0.1) is 0 Å². The second kappa shape index (κ2) is 13.1. The Morgan fingerprint density at radius 3 is 2.29 bits per heavy atom. The van der Waals surface area contributed by atoms with Crippen LogP contribution in [0, 0.1) is 5.92 Å². The minimum Gasteiger partial charge on any atom is -0.369 e. The Balaban J connectivity index is 1.79. The Kier molecular flexibility index (Phi) is 10.9. The molecule has 0 amide bonds. The van der Waals surface area contributed by atoms with Crippen LogP contribution < -0.4 is 5.32 Å². The van der Waals surface area contributed by atoms with Crippen LogP contribution in [0.2, 0.25) is 5.28 Å². The van der Waals surface area contributed by atoms with Crippen LogP contribution in [0.4, 0.5) is 5.82 Å². The van der Waals surface area contributed by atoms with Gasteiger partial charge in [-0.2, -0.15) is 15.1 Å². The molecule has 2 aromatic heterocycles. The van der Waals surface area contributed by atoms with Crippen LogP contribution in [-0.4, -0.2) is 79.7 Å². The summed E-state index contributed by atoms with van der Waals surface area (Å²) < 4.78 is 45.3. The van der Waals surface area contributed by atoms with Crippen molar-refractivity contribution in [1.29, 1.82) is 0 Å². The number of rotatable bonds is 13. The molecule has 2 N–H and O–H groups in total. The van der Waals surface area contributed by atoms with Gasteiger partial charge in [-0.25, -0.2) is 4.68 Å². The Hall–Kier alpha value is -1.37. The third-order valence-corrected chi connectivity index (χ3v) is 8.29. The predicted molar refractivity (Wildman–Crippen MR) is 158 cm³/mol. The summed E-state index contributed by atoms with van der Waals surface area (Å²) in [5.41, 5.74) is -0.826. The number of nitrogens with one attached hydrogen (secondary N) is 1. The summed E-state index contributed by atoms with van der Waals surface area (Å²) in [7, 11) is -3.59. The molecule has 0 bridgehead atoms. The summed E-state index contributed by atoms with van der Waals surface area (Å²) in [5.74, 6) is -0.967. The van der Waals surface area contributed by atoms with E-state index in [1.54, 1.807) is 24.7 Å². The van der Waals surface area contributed by atoms with Gasteiger partial charge >= 0.3 is 7.60 Å². The van der Waals surface area contributed by atoms with Crippen molar-refractivity contribution in [3.8, 4) is 0 Å². The van der Waals surface area contributed by atoms with Gasteiger partial charge in [0.2, 0.25) is 5.28 Å². The van der Waals surface area contributed by atoms with Gasteiger partial charge in [-0.3, -0.25) is 4.57 Å². The molecule has 0 aromatic carbocycles. The van der Waals surface area contributed by atoms with Crippen LogP contribution in [-0.2, 0) is 34.4 Å². The lowest BCUT2D eigenvalue weighted by Crippen LogP contribution is -2.40. The van der Waals surface area contributed by atoms with E-state index in [-0.39, 0.29) is 30.7 Å². The molecule has 3 heterocycles. The Morgan fingerprint density at radius 2 is 1.73 bits per heavy atom. The number of aromatic nitrogens is 4. The molecule has 0 spiro atoms. The lowest BCUT2D eigenvalue weighted by molar-refractivity contribution is -0.221. The maximum absolute atomic E-state index is 13.6. The fourth-order valence-electron chi connectivity index (χ4n) is 4.63. The number of hydrogen-bond acceptors (Lipinski definition) is 11. The van der Waals surface area contributed by atoms with Crippen molar-refractivity contribution in [2.75, 3.05) is 24.8 Å². The van der Waals surface area contributed by atoms with E-state index in [2.05, 4.69) is 27.3 Å². The third-order valence-electron chi connectivity index (χ3n) is 5.97. The average Bonchev–Trinajstić information content (AvgIpc) is 3.30. The van der Waals surface area contributed by atoms with Gasteiger partial charge in [0.1, 0.15) is 18.3 Å². The molecule has 12 nitrogen and oxygen atoms in total. The average molecular weight is 620 g/mol. The van der Waals surface area contributed by atoms with E-state index in [0.29, 0.717) is 11.5 Å². The van der Waals surface area contributed by atoms with Gasteiger partial charge in [-0.05, 0) is 73.4 Å². The molecule has 1 aliphatic rings. The fraction of sp³-hybridized carbons (Fsp3) is 0.815. The first-order valence-electron chi connectivity index (χ1n) is 14.1. The van der Waals surface area contributed by atoms with Crippen molar-refractivity contribution in [1.82, 2.24) is 19.7 Å². The zero-order valence-electron chi connectivity index (χ0n) is 25.9. The van der Waals surface area contributed by atoms with E-state index in [1.165, 1.54) is 0 Å². The van der Waals surface area contributed by atoms with E-state index in [9.17, 15) is 9.67 Å². The van der Waals surface area contributed by atoms with Gasteiger partial charge in [0.15, 0.2) is 11.4 Å². The summed E-state index contributed by atoms with van der Waals surface area (Å²) >= 11 is 6.23. The molecule has 0 saturated carbocycles. The zero-order chi connectivity index (χ0) is 30.8. The fourth-order valence-corrected chi connectivity index (χ4v) is 6.93. The van der Waals surface area contributed by atoms with Crippen molar-refractivity contribution in [3.05, 3.63) is 11.5 Å². The van der Waals surface area contributed by atoms with Crippen molar-refractivity contribution >= 4 is 36.0 Å². The van der Waals surface area contributed by atoms with Crippen LogP contribution in [0.3, 0.4) is 0 Å². The van der Waals surface area contributed by atoms with Gasteiger partial charge < -0.3 is 33.7 Å². The van der Waals surface area contributed by atoms with Gasteiger partial charge in [0.25, 0.3) is 0 Å².